The number of ether oxygens (including phenoxy) is 1. The smallest absolute Gasteiger partial charge is 0.245 e. The standard InChI is InChI=1S/C21H23N3O3/c1-3-27-19-10-8-18(9-11-19)24-14-17(12-20(24)25)21(26)23-22-13-16-6-4-15(2)5-7-16/h4-11,13,17H,3,12,14H2,1-2H3,(H,23,26)/b22-13-/t17-/m0/s1. The van der Waals surface area contributed by atoms with Gasteiger partial charge in [-0.15, -0.1) is 0 Å². The first-order valence-electron chi connectivity index (χ1n) is 8.99. The molecule has 0 unspecified atom stereocenters. The van der Waals surface area contributed by atoms with Crippen LogP contribution >= 0.6 is 0 Å². The van der Waals surface area contributed by atoms with Gasteiger partial charge in [-0.25, -0.2) is 5.43 Å². The highest BCUT2D eigenvalue weighted by Crippen LogP contribution is 2.27. The van der Waals surface area contributed by atoms with Gasteiger partial charge in [-0.05, 0) is 43.7 Å². The van der Waals surface area contributed by atoms with Gasteiger partial charge in [0.15, 0.2) is 0 Å². The lowest BCUT2D eigenvalue weighted by molar-refractivity contribution is -0.126. The molecule has 140 valence electrons. The van der Waals surface area contributed by atoms with Gasteiger partial charge in [-0.2, -0.15) is 5.10 Å². The largest absolute Gasteiger partial charge is 0.494 e. The van der Waals surface area contributed by atoms with Crippen LogP contribution in [0.3, 0.4) is 0 Å². The van der Waals surface area contributed by atoms with Crippen LogP contribution in [0.4, 0.5) is 5.69 Å². The summed E-state index contributed by atoms with van der Waals surface area (Å²) in [6.45, 7) is 4.87. The lowest BCUT2D eigenvalue weighted by atomic mass is 10.1. The molecule has 3 rings (SSSR count). The highest BCUT2D eigenvalue weighted by atomic mass is 16.5. The van der Waals surface area contributed by atoms with Crippen molar-refractivity contribution in [2.75, 3.05) is 18.1 Å². The number of nitrogens with zero attached hydrogens (tertiary/aromatic N) is 2. The van der Waals surface area contributed by atoms with Gasteiger partial charge in [0.05, 0.1) is 18.7 Å². The summed E-state index contributed by atoms with van der Waals surface area (Å²) in [6, 6.07) is 15.1. The Kier molecular flexibility index (Phi) is 5.86. The van der Waals surface area contributed by atoms with E-state index in [2.05, 4.69) is 10.5 Å². The monoisotopic (exact) mass is 365 g/mol. The van der Waals surface area contributed by atoms with Gasteiger partial charge in [-0.3, -0.25) is 9.59 Å². The van der Waals surface area contributed by atoms with Gasteiger partial charge in [0.1, 0.15) is 5.75 Å². The second kappa shape index (κ2) is 8.49. The Balaban J connectivity index is 1.57. The van der Waals surface area contributed by atoms with E-state index in [0.717, 1.165) is 22.6 Å². The predicted octanol–water partition coefficient (Wildman–Crippen LogP) is 2.90. The lowest BCUT2D eigenvalue weighted by Gasteiger charge is -2.17. The van der Waals surface area contributed by atoms with E-state index in [4.69, 9.17) is 4.74 Å². The molecule has 0 aliphatic carbocycles. The average molecular weight is 365 g/mol. The molecule has 1 N–H and O–H groups in total. The molecule has 1 saturated heterocycles. The molecule has 1 atom stereocenters. The van der Waals surface area contributed by atoms with Gasteiger partial charge >= 0.3 is 0 Å². The Bertz CT molecular complexity index is 829. The van der Waals surface area contributed by atoms with E-state index in [0.29, 0.717) is 13.2 Å². The number of rotatable bonds is 6. The third kappa shape index (κ3) is 4.73. The fourth-order valence-corrected chi connectivity index (χ4v) is 2.94. The van der Waals surface area contributed by atoms with E-state index < -0.39 is 5.92 Å². The molecule has 1 fully saturated rings. The molecular weight excluding hydrogens is 342 g/mol. The van der Waals surface area contributed by atoms with Crippen molar-refractivity contribution < 1.29 is 14.3 Å². The number of hydrazone groups is 1. The number of amides is 2. The van der Waals surface area contributed by atoms with Crippen molar-refractivity contribution in [1.29, 1.82) is 0 Å². The molecule has 2 amide bonds. The minimum absolute atomic E-state index is 0.0678. The summed E-state index contributed by atoms with van der Waals surface area (Å²) >= 11 is 0. The van der Waals surface area contributed by atoms with Crippen LogP contribution in [-0.4, -0.2) is 31.2 Å². The summed E-state index contributed by atoms with van der Waals surface area (Å²) < 4.78 is 5.41. The first-order valence-corrected chi connectivity index (χ1v) is 8.99. The number of hydrogen-bond donors (Lipinski definition) is 1. The topological polar surface area (TPSA) is 71.0 Å². The van der Waals surface area contributed by atoms with Crippen molar-refractivity contribution in [3.8, 4) is 5.75 Å². The summed E-state index contributed by atoms with van der Waals surface area (Å²) in [5.41, 5.74) is 5.37. The number of anilines is 1. The van der Waals surface area contributed by atoms with E-state index in [-0.39, 0.29) is 18.2 Å². The van der Waals surface area contributed by atoms with Gasteiger partial charge < -0.3 is 9.64 Å². The van der Waals surface area contributed by atoms with Crippen molar-refractivity contribution in [3.05, 3.63) is 59.7 Å². The Hall–Kier alpha value is -3.15. The van der Waals surface area contributed by atoms with Crippen molar-refractivity contribution in [2.24, 2.45) is 11.0 Å². The zero-order valence-electron chi connectivity index (χ0n) is 15.5. The quantitative estimate of drug-likeness (QED) is 0.632. The number of carbonyl (C=O) groups excluding carboxylic acids is 2. The predicted molar refractivity (Wildman–Crippen MR) is 105 cm³/mol. The molecule has 2 aromatic carbocycles. The molecule has 0 saturated carbocycles. The Morgan fingerprint density at radius 2 is 1.93 bits per heavy atom. The van der Waals surface area contributed by atoms with Gasteiger partial charge in [0.25, 0.3) is 0 Å². The minimum Gasteiger partial charge on any atom is -0.494 e. The number of nitrogens with one attached hydrogen (secondary N) is 1. The Morgan fingerprint density at radius 3 is 2.59 bits per heavy atom. The molecule has 1 heterocycles. The molecule has 6 heteroatoms. The lowest BCUT2D eigenvalue weighted by Crippen LogP contribution is -2.30. The van der Waals surface area contributed by atoms with Crippen LogP contribution in [-0.2, 0) is 9.59 Å². The fourth-order valence-electron chi connectivity index (χ4n) is 2.94. The summed E-state index contributed by atoms with van der Waals surface area (Å²) in [4.78, 5) is 26.3. The van der Waals surface area contributed by atoms with Crippen molar-refractivity contribution in [2.45, 2.75) is 20.3 Å². The maximum absolute atomic E-state index is 12.3. The summed E-state index contributed by atoms with van der Waals surface area (Å²) in [5, 5.41) is 4.00. The Labute approximate surface area is 158 Å². The molecule has 27 heavy (non-hydrogen) atoms. The van der Waals surface area contributed by atoms with Crippen molar-refractivity contribution in [1.82, 2.24) is 5.43 Å². The molecule has 6 nitrogen and oxygen atoms in total. The molecule has 0 spiro atoms. The van der Waals surface area contributed by atoms with Crippen LogP contribution < -0.4 is 15.1 Å². The first kappa shape index (κ1) is 18.6. The van der Waals surface area contributed by atoms with Crippen LogP contribution in [0.2, 0.25) is 0 Å². The fraction of sp³-hybridized carbons (Fsp3) is 0.286. The molecule has 2 aromatic rings. The summed E-state index contributed by atoms with van der Waals surface area (Å²) in [5.74, 6) is 0.0221. The molecule has 0 bridgehead atoms. The van der Waals surface area contributed by atoms with Crippen LogP contribution in [0.25, 0.3) is 0 Å². The van der Waals surface area contributed by atoms with E-state index in [1.54, 1.807) is 11.1 Å². The van der Waals surface area contributed by atoms with Crippen LogP contribution in [0.1, 0.15) is 24.5 Å². The molecule has 0 radical (unpaired) electrons. The normalized spacial score (nSPS) is 16.7. The van der Waals surface area contributed by atoms with Crippen LogP contribution in [0.5, 0.6) is 5.75 Å². The maximum atomic E-state index is 12.3. The SMILES string of the molecule is CCOc1ccc(N2C[C@@H](C(=O)N/N=C\c3ccc(C)cc3)CC2=O)cc1. The molecule has 1 aliphatic rings. The number of carbonyl (C=O) groups is 2. The van der Waals surface area contributed by atoms with Crippen molar-refractivity contribution >= 4 is 23.7 Å². The second-order valence-corrected chi connectivity index (χ2v) is 6.48. The maximum Gasteiger partial charge on any atom is 0.245 e. The molecular formula is C21H23N3O3. The minimum atomic E-state index is -0.417. The highest BCUT2D eigenvalue weighted by molar-refractivity contribution is 6.00. The zero-order chi connectivity index (χ0) is 19.2. The van der Waals surface area contributed by atoms with E-state index >= 15 is 0 Å². The van der Waals surface area contributed by atoms with Crippen molar-refractivity contribution in [3.63, 3.8) is 0 Å². The van der Waals surface area contributed by atoms with E-state index in [1.165, 1.54) is 0 Å². The highest BCUT2D eigenvalue weighted by Gasteiger charge is 2.35. The first-order chi connectivity index (χ1) is 13.1. The average Bonchev–Trinajstić information content (AvgIpc) is 3.06. The zero-order valence-corrected chi connectivity index (χ0v) is 15.5. The van der Waals surface area contributed by atoms with Gasteiger partial charge in [0, 0.05) is 18.7 Å². The summed E-state index contributed by atoms with van der Waals surface area (Å²) in [7, 11) is 0. The Morgan fingerprint density at radius 1 is 1.22 bits per heavy atom. The number of benzene rings is 2. The van der Waals surface area contributed by atoms with Crippen LogP contribution in [0, 0.1) is 12.8 Å². The molecule has 0 aromatic heterocycles. The van der Waals surface area contributed by atoms with Crippen LogP contribution in [0.15, 0.2) is 53.6 Å². The number of aryl methyl sites for hydroxylation is 1. The number of hydrogen-bond acceptors (Lipinski definition) is 4. The van der Waals surface area contributed by atoms with Gasteiger partial charge in [0.2, 0.25) is 11.8 Å². The molecule has 1 aliphatic heterocycles. The van der Waals surface area contributed by atoms with E-state index in [1.807, 2.05) is 62.4 Å². The van der Waals surface area contributed by atoms with Gasteiger partial charge in [-0.1, -0.05) is 29.8 Å². The second-order valence-electron chi connectivity index (χ2n) is 6.48. The summed E-state index contributed by atoms with van der Waals surface area (Å²) in [6.07, 6.45) is 1.78. The third-order valence-electron chi connectivity index (χ3n) is 4.42. The third-order valence-corrected chi connectivity index (χ3v) is 4.42. The van der Waals surface area contributed by atoms with E-state index in [9.17, 15) is 9.59 Å².